The third-order valence-electron chi connectivity index (χ3n) is 3.65. The van der Waals surface area contributed by atoms with Crippen LogP contribution >= 0.6 is 11.6 Å². The minimum Gasteiger partial charge on any atom is -0.298 e. The van der Waals surface area contributed by atoms with E-state index in [4.69, 9.17) is 11.6 Å². The highest BCUT2D eigenvalue weighted by molar-refractivity contribution is 6.31. The summed E-state index contributed by atoms with van der Waals surface area (Å²) < 4.78 is 37.9. The van der Waals surface area contributed by atoms with Gasteiger partial charge in [-0.2, -0.15) is 18.4 Å². The predicted molar refractivity (Wildman–Crippen MR) is 87.0 cm³/mol. The van der Waals surface area contributed by atoms with Gasteiger partial charge >= 0.3 is 6.18 Å². The third-order valence-corrected chi connectivity index (χ3v) is 3.96. The van der Waals surface area contributed by atoms with Crippen LogP contribution in [0.25, 0.3) is 0 Å². The minimum absolute atomic E-state index is 0.117. The highest BCUT2D eigenvalue weighted by atomic mass is 35.5. The summed E-state index contributed by atoms with van der Waals surface area (Å²) >= 11 is 5.82. The molecule has 0 saturated heterocycles. The summed E-state index contributed by atoms with van der Waals surface area (Å²) in [4.78, 5) is 15.9. The van der Waals surface area contributed by atoms with Gasteiger partial charge in [-0.15, -0.1) is 0 Å². The fourth-order valence-electron chi connectivity index (χ4n) is 2.36. The number of rotatable bonds is 6. The van der Waals surface area contributed by atoms with E-state index in [1.807, 2.05) is 30.3 Å². The molecule has 2 rings (SSSR count). The molecule has 0 spiro atoms. The number of ketones is 1. The van der Waals surface area contributed by atoms with Crippen molar-refractivity contribution in [3.05, 3.63) is 64.4 Å². The largest absolute Gasteiger partial charge is 0.417 e. The van der Waals surface area contributed by atoms with E-state index in [1.54, 1.807) is 6.07 Å². The summed E-state index contributed by atoms with van der Waals surface area (Å²) in [6, 6.07) is 12.0. The SMILES string of the molecule is N#CC(C(=O)CCCc1ccccc1)c1ncc(C(F)(F)F)cc1Cl. The van der Waals surface area contributed by atoms with Crippen molar-refractivity contribution in [1.82, 2.24) is 4.98 Å². The second-order valence-electron chi connectivity index (χ2n) is 5.46. The molecule has 2 aromatic rings. The molecule has 0 saturated carbocycles. The van der Waals surface area contributed by atoms with Crippen LogP contribution in [-0.2, 0) is 17.4 Å². The molecular formula is C18H14ClF3N2O. The van der Waals surface area contributed by atoms with E-state index in [-0.39, 0.29) is 17.1 Å². The number of pyridine rings is 1. The molecule has 0 bridgehead atoms. The van der Waals surface area contributed by atoms with Crippen molar-refractivity contribution in [2.24, 2.45) is 0 Å². The maximum Gasteiger partial charge on any atom is 0.417 e. The number of halogens is 4. The molecule has 0 N–H and O–H groups in total. The van der Waals surface area contributed by atoms with E-state index < -0.39 is 23.4 Å². The zero-order valence-corrected chi connectivity index (χ0v) is 13.8. The topological polar surface area (TPSA) is 53.8 Å². The first kappa shape index (κ1) is 18.9. The lowest BCUT2D eigenvalue weighted by atomic mass is 9.95. The molecule has 0 aliphatic carbocycles. The van der Waals surface area contributed by atoms with Crippen LogP contribution in [0.2, 0.25) is 5.02 Å². The first-order valence-corrected chi connectivity index (χ1v) is 7.89. The molecule has 0 fully saturated rings. The summed E-state index contributed by atoms with van der Waals surface area (Å²) in [6.07, 6.45) is -2.69. The lowest BCUT2D eigenvalue weighted by Gasteiger charge is -2.12. The van der Waals surface area contributed by atoms with E-state index in [0.717, 1.165) is 5.56 Å². The van der Waals surface area contributed by atoms with E-state index in [1.165, 1.54) is 0 Å². The minimum atomic E-state index is -4.59. The lowest BCUT2D eigenvalue weighted by Crippen LogP contribution is -2.14. The van der Waals surface area contributed by atoms with Crippen molar-refractivity contribution in [3.8, 4) is 6.07 Å². The summed E-state index contributed by atoms with van der Waals surface area (Å²) in [5.74, 6) is -1.68. The zero-order chi connectivity index (χ0) is 18.4. The van der Waals surface area contributed by atoms with Crippen LogP contribution < -0.4 is 0 Å². The average Bonchev–Trinajstić information content (AvgIpc) is 2.57. The van der Waals surface area contributed by atoms with Gasteiger partial charge in [-0.3, -0.25) is 9.78 Å². The Morgan fingerprint density at radius 2 is 1.96 bits per heavy atom. The number of hydrogen-bond donors (Lipinski definition) is 0. The summed E-state index contributed by atoms with van der Waals surface area (Å²) in [6.45, 7) is 0. The van der Waals surface area contributed by atoms with Crippen molar-refractivity contribution in [2.75, 3.05) is 0 Å². The highest BCUT2D eigenvalue weighted by Gasteiger charge is 2.33. The molecule has 3 nitrogen and oxygen atoms in total. The van der Waals surface area contributed by atoms with Crippen LogP contribution in [0.1, 0.15) is 35.6 Å². The number of benzene rings is 1. The van der Waals surface area contributed by atoms with Crippen LogP contribution in [0.3, 0.4) is 0 Å². The first-order chi connectivity index (χ1) is 11.8. The molecule has 0 radical (unpaired) electrons. The number of nitriles is 1. The number of nitrogens with zero attached hydrogens (tertiary/aromatic N) is 2. The van der Waals surface area contributed by atoms with Gasteiger partial charge in [-0.1, -0.05) is 41.9 Å². The van der Waals surface area contributed by atoms with Crippen molar-refractivity contribution in [3.63, 3.8) is 0 Å². The highest BCUT2D eigenvalue weighted by Crippen LogP contribution is 2.33. The summed E-state index contributed by atoms with van der Waals surface area (Å²) in [5.41, 5.74) is -0.0918. The number of aromatic nitrogens is 1. The number of carbonyl (C=O) groups is 1. The second-order valence-corrected chi connectivity index (χ2v) is 5.86. The predicted octanol–water partition coefficient (Wildman–Crippen LogP) is 4.95. The first-order valence-electron chi connectivity index (χ1n) is 7.52. The van der Waals surface area contributed by atoms with Gasteiger partial charge in [0.1, 0.15) is 5.92 Å². The molecule has 1 aromatic heterocycles. The van der Waals surface area contributed by atoms with Gasteiger partial charge in [0.15, 0.2) is 5.78 Å². The van der Waals surface area contributed by atoms with Crippen LogP contribution in [0.5, 0.6) is 0 Å². The molecule has 1 unspecified atom stereocenters. The Bertz CT molecular complexity index is 785. The maximum atomic E-state index is 12.6. The van der Waals surface area contributed by atoms with Gasteiger partial charge in [-0.25, -0.2) is 0 Å². The van der Waals surface area contributed by atoms with E-state index in [9.17, 15) is 23.2 Å². The fourth-order valence-corrected chi connectivity index (χ4v) is 2.63. The van der Waals surface area contributed by atoms with Gasteiger partial charge in [0.05, 0.1) is 22.3 Å². The molecule has 0 amide bonds. The summed E-state index contributed by atoms with van der Waals surface area (Å²) in [7, 11) is 0. The van der Waals surface area contributed by atoms with Gasteiger partial charge < -0.3 is 0 Å². The number of aryl methyl sites for hydroxylation is 1. The Morgan fingerprint density at radius 1 is 1.28 bits per heavy atom. The van der Waals surface area contributed by atoms with Crippen molar-refractivity contribution in [1.29, 1.82) is 5.26 Å². The number of Topliss-reactive ketones (excluding diaryl/α,β-unsaturated/α-hetero) is 1. The standard InChI is InChI=1S/C18H14ClF3N2O/c19-15-9-13(18(20,21)22)11-24-17(15)14(10-23)16(25)8-4-7-12-5-2-1-3-6-12/h1-3,5-6,9,11,14H,4,7-8H2. The quantitative estimate of drug-likeness (QED) is 0.726. The number of carbonyl (C=O) groups excluding carboxylic acids is 1. The summed E-state index contributed by atoms with van der Waals surface area (Å²) in [5, 5.41) is 8.89. The number of alkyl halides is 3. The van der Waals surface area contributed by atoms with E-state index in [0.29, 0.717) is 25.1 Å². The molecule has 0 aliphatic heterocycles. The molecule has 0 aliphatic rings. The monoisotopic (exact) mass is 366 g/mol. The van der Waals surface area contributed by atoms with Crippen molar-refractivity contribution in [2.45, 2.75) is 31.4 Å². The number of hydrogen-bond acceptors (Lipinski definition) is 3. The van der Waals surface area contributed by atoms with Crippen LogP contribution in [0.4, 0.5) is 13.2 Å². The molecular weight excluding hydrogens is 353 g/mol. The zero-order valence-electron chi connectivity index (χ0n) is 13.1. The second kappa shape index (κ2) is 8.13. The molecule has 130 valence electrons. The molecule has 1 atom stereocenters. The average molecular weight is 367 g/mol. The Labute approximate surface area is 148 Å². The van der Waals surface area contributed by atoms with Gasteiger partial charge in [0, 0.05) is 12.6 Å². The van der Waals surface area contributed by atoms with E-state index in [2.05, 4.69) is 4.98 Å². The van der Waals surface area contributed by atoms with Crippen LogP contribution in [-0.4, -0.2) is 10.8 Å². The fraction of sp³-hybridized carbons (Fsp3) is 0.278. The third kappa shape index (κ3) is 5.04. The van der Waals surface area contributed by atoms with Gasteiger partial charge in [-0.05, 0) is 24.5 Å². The Morgan fingerprint density at radius 3 is 2.52 bits per heavy atom. The Hall–Kier alpha value is -2.39. The molecule has 25 heavy (non-hydrogen) atoms. The van der Waals surface area contributed by atoms with E-state index >= 15 is 0 Å². The lowest BCUT2D eigenvalue weighted by molar-refractivity contribution is -0.137. The van der Waals surface area contributed by atoms with Crippen LogP contribution in [0, 0.1) is 11.3 Å². The smallest absolute Gasteiger partial charge is 0.298 e. The Kier molecular flexibility index (Phi) is 6.16. The maximum absolute atomic E-state index is 12.6. The normalized spacial score (nSPS) is 12.4. The van der Waals surface area contributed by atoms with Crippen molar-refractivity contribution >= 4 is 17.4 Å². The van der Waals surface area contributed by atoms with Gasteiger partial charge in [0.2, 0.25) is 0 Å². The van der Waals surface area contributed by atoms with Crippen LogP contribution in [0.15, 0.2) is 42.6 Å². The van der Waals surface area contributed by atoms with Gasteiger partial charge in [0.25, 0.3) is 0 Å². The molecule has 7 heteroatoms. The Balaban J connectivity index is 2.06. The van der Waals surface area contributed by atoms with Crippen molar-refractivity contribution < 1.29 is 18.0 Å². The molecule has 1 heterocycles. The molecule has 1 aromatic carbocycles.